The number of hydrogen-bond acceptors (Lipinski definition) is 4. The van der Waals surface area contributed by atoms with Crippen molar-refractivity contribution in [1.82, 2.24) is 15.1 Å². The molecule has 0 radical (unpaired) electrons. The van der Waals surface area contributed by atoms with Crippen molar-refractivity contribution < 1.29 is 4.52 Å². The van der Waals surface area contributed by atoms with Gasteiger partial charge < -0.3 is 4.52 Å². The van der Waals surface area contributed by atoms with Crippen LogP contribution in [0, 0.1) is 0 Å². The topological polar surface area (TPSA) is 51.8 Å². The van der Waals surface area contributed by atoms with E-state index >= 15 is 0 Å². The van der Waals surface area contributed by atoms with Gasteiger partial charge in [-0.25, -0.2) is 4.98 Å². The van der Waals surface area contributed by atoms with Gasteiger partial charge in [-0.05, 0) is 12.1 Å². The average molecular weight is 230 g/mol. The average Bonchev–Trinajstić information content (AvgIpc) is 2.66. The second kappa shape index (κ2) is 3.94. The second-order valence-corrected chi connectivity index (χ2v) is 3.17. The lowest BCUT2D eigenvalue weighted by molar-refractivity contribution is 0.391. The molecule has 0 saturated heterocycles. The van der Waals surface area contributed by atoms with E-state index in [0.717, 1.165) is 5.56 Å². The first kappa shape index (κ1) is 9.43. The van der Waals surface area contributed by atoms with E-state index in [9.17, 15) is 0 Å². The fourth-order valence-corrected chi connectivity index (χ4v) is 1.25. The predicted octanol–water partition coefficient (Wildman–Crippen LogP) is 2.52. The summed E-state index contributed by atoms with van der Waals surface area (Å²) in [5.41, 5.74) is 0.755. The van der Waals surface area contributed by atoms with Crippen molar-refractivity contribution in [3.8, 4) is 11.4 Å². The van der Waals surface area contributed by atoms with Crippen molar-refractivity contribution in [2.24, 2.45) is 0 Å². The summed E-state index contributed by atoms with van der Waals surface area (Å²) in [7, 11) is 0. The summed E-state index contributed by atoms with van der Waals surface area (Å²) in [5, 5.41) is 4.13. The maximum absolute atomic E-state index is 5.71. The van der Waals surface area contributed by atoms with Crippen LogP contribution >= 0.6 is 23.2 Å². The van der Waals surface area contributed by atoms with Crippen molar-refractivity contribution >= 4 is 23.2 Å². The second-order valence-electron chi connectivity index (χ2n) is 2.51. The molecule has 2 aromatic heterocycles. The van der Waals surface area contributed by atoms with Crippen molar-refractivity contribution in [3.05, 3.63) is 29.4 Å². The van der Waals surface area contributed by atoms with Crippen LogP contribution in [0.25, 0.3) is 11.4 Å². The number of alkyl halides is 1. The highest BCUT2D eigenvalue weighted by atomic mass is 35.5. The van der Waals surface area contributed by atoms with Gasteiger partial charge in [0.25, 0.3) is 0 Å². The molecule has 6 heteroatoms. The molecular weight excluding hydrogens is 225 g/mol. The third-order valence-electron chi connectivity index (χ3n) is 1.57. The lowest BCUT2D eigenvalue weighted by Crippen LogP contribution is -1.82. The summed E-state index contributed by atoms with van der Waals surface area (Å²) < 4.78 is 4.85. The summed E-state index contributed by atoms with van der Waals surface area (Å²) in [6, 6.07) is 3.40. The van der Waals surface area contributed by atoms with E-state index in [1.54, 1.807) is 18.3 Å². The zero-order valence-corrected chi connectivity index (χ0v) is 8.46. The Morgan fingerprint density at radius 3 is 2.93 bits per heavy atom. The normalized spacial score (nSPS) is 10.4. The smallest absolute Gasteiger partial charge is 0.241 e. The van der Waals surface area contributed by atoms with Crippen LogP contribution in [0.3, 0.4) is 0 Å². The van der Waals surface area contributed by atoms with Gasteiger partial charge in [-0.15, -0.1) is 11.6 Å². The highest BCUT2D eigenvalue weighted by Crippen LogP contribution is 2.18. The molecule has 0 aliphatic heterocycles. The lowest BCUT2D eigenvalue weighted by Gasteiger charge is -1.92. The van der Waals surface area contributed by atoms with Crippen molar-refractivity contribution in [2.75, 3.05) is 0 Å². The standard InChI is InChI=1S/C8H5Cl2N3O/c9-4-7-12-8(13-14-7)5-1-2-11-6(10)3-5/h1-3H,4H2. The SMILES string of the molecule is ClCc1nc(-c2ccnc(Cl)c2)no1. The van der Waals surface area contributed by atoms with Gasteiger partial charge in [0.1, 0.15) is 11.0 Å². The van der Waals surface area contributed by atoms with Gasteiger partial charge in [-0.2, -0.15) is 4.98 Å². The third-order valence-corrected chi connectivity index (χ3v) is 2.00. The highest BCUT2D eigenvalue weighted by Gasteiger charge is 2.07. The van der Waals surface area contributed by atoms with Gasteiger partial charge in [-0.1, -0.05) is 16.8 Å². The molecule has 14 heavy (non-hydrogen) atoms. The van der Waals surface area contributed by atoms with Crippen LogP contribution in [0.4, 0.5) is 0 Å². The lowest BCUT2D eigenvalue weighted by atomic mass is 10.2. The van der Waals surface area contributed by atoms with Gasteiger partial charge in [0.2, 0.25) is 11.7 Å². The van der Waals surface area contributed by atoms with E-state index in [1.807, 2.05) is 0 Å². The maximum atomic E-state index is 5.71. The largest absolute Gasteiger partial charge is 0.338 e. The van der Waals surface area contributed by atoms with E-state index in [4.69, 9.17) is 27.7 Å². The van der Waals surface area contributed by atoms with Crippen molar-refractivity contribution in [1.29, 1.82) is 0 Å². The molecule has 0 aromatic carbocycles. The summed E-state index contributed by atoms with van der Waals surface area (Å²) >= 11 is 11.2. The highest BCUT2D eigenvalue weighted by molar-refractivity contribution is 6.29. The van der Waals surface area contributed by atoms with Crippen LogP contribution < -0.4 is 0 Å². The minimum absolute atomic E-state index is 0.200. The van der Waals surface area contributed by atoms with Crippen molar-refractivity contribution in [2.45, 2.75) is 5.88 Å². The first-order valence-corrected chi connectivity index (χ1v) is 4.71. The zero-order chi connectivity index (χ0) is 9.97. The molecule has 4 nitrogen and oxygen atoms in total. The zero-order valence-electron chi connectivity index (χ0n) is 6.94. The summed E-state index contributed by atoms with van der Waals surface area (Å²) in [4.78, 5) is 7.89. The Hall–Kier alpha value is -1.13. The maximum Gasteiger partial charge on any atom is 0.241 e. The van der Waals surface area contributed by atoms with Gasteiger partial charge in [0.05, 0.1) is 0 Å². The third kappa shape index (κ3) is 1.86. The Morgan fingerprint density at radius 2 is 2.29 bits per heavy atom. The minimum Gasteiger partial charge on any atom is -0.338 e. The number of halogens is 2. The monoisotopic (exact) mass is 229 g/mol. The molecule has 0 N–H and O–H groups in total. The molecule has 72 valence electrons. The van der Waals surface area contributed by atoms with Crippen LogP contribution in [0.1, 0.15) is 5.89 Å². The van der Waals surface area contributed by atoms with Gasteiger partial charge in [0, 0.05) is 11.8 Å². The Kier molecular flexibility index (Phi) is 2.65. The summed E-state index contributed by atoms with van der Waals surface area (Å²) in [6.07, 6.45) is 1.58. The summed E-state index contributed by atoms with van der Waals surface area (Å²) in [5.74, 6) is 1.05. The van der Waals surface area contributed by atoms with Crippen molar-refractivity contribution in [3.63, 3.8) is 0 Å². The molecule has 2 rings (SSSR count). The molecule has 0 spiro atoms. The Morgan fingerprint density at radius 1 is 1.43 bits per heavy atom. The molecular formula is C8H5Cl2N3O. The van der Waals surface area contributed by atoms with E-state index in [1.165, 1.54) is 0 Å². The van der Waals surface area contributed by atoms with Gasteiger partial charge in [0.15, 0.2) is 0 Å². The number of nitrogens with zero attached hydrogens (tertiary/aromatic N) is 3. The number of pyridine rings is 1. The Labute approximate surface area is 89.9 Å². The fraction of sp³-hybridized carbons (Fsp3) is 0.125. The first-order chi connectivity index (χ1) is 6.79. The van der Waals surface area contributed by atoms with Crippen LogP contribution in [0.2, 0.25) is 5.15 Å². The number of rotatable bonds is 2. The fourth-order valence-electron chi connectivity index (χ4n) is 0.968. The van der Waals surface area contributed by atoms with Gasteiger partial charge >= 0.3 is 0 Å². The number of hydrogen-bond donors (Lipinski definition) is 0. The van der Waals surface area contributed by atoms with Crippen LogP contribution in [-0.4, -0.2) is 15.1 Å². The first-order valence-electron chi connectivity index (χ1n) is 3.80. The van der Waals surface area contributed by atoms with E-state index < -0.39 is 0 Å². The van der Waals surface area contributed by atoms with Crippen LogP contribution in [0.15, 0.2) is 22.9 Å². The molecule has 2 heterocycles. The number of aromatic nitrogens is 3. The molecule has 0 fully saturated rings. The quantitative estimate of drug-likeness (QED) is 0.587. The molecule has 0 amide bonds. The molecule has 0 aliphatic carbocycles. The minimum atomic E-state index is 0.200. The van der Waals surface area contributed by atoms with E-state index in [0.29, 0.717) is 16.9 Å². The molecule has 0 unspecified atom stereocenters. The predicted molar refractivity (Wildman–Crippen MR) is 52.1 cm³/mol. The van der Waals surface area contributed by atoms with E-state index in [2.05, 4.69) is 15.1 Å². The molecule has 0 aliphatic rings. The molecule has 0 saturated carbocycles. The van der Waals surface area contributed by atoms with Gasteiger partial charge in [-0.3, -0.25) is 0 Å². The molecule has 0 atom stereocenters. The molecule has 2 aromatic rings. The van der Waals surface area contributed by atoms with E-state index in [-0.39, 0.29) is 5.88 Å². The summed E-state index contributed by atoms with van der Waals surface area (Å²) in [6.45, 7) is 0. The van der Waals surface area contributed by atoms with Crippen LogP contribution in [-0.2, 0) is 5.88 Å². The Balaban J connectivity index is 2.39. The molecule has 0 bridgehead atoms. The Bertz CT molecular complexity index is 444. The van der Waals surface area contributed by atoms with Crippen LogP contribution in [0.5, 0.6) is 0 Å².